The number of halogens is 1. The second kappa shape index (κ2) is 14.1. The highest BCUT2D eigenvalue weighted by Crippen LogP contribution is 2.33. The number of methoxy groups -OCH3 is 1. The fourth-order valence-electron chi connectivity index (χ4n) is 5.39. The van der Waals surface area contributed by atoms with Gasteiger partial charge in [0.25, 0.3) is 0 Å². The van der Waals surface area contributed by atoms with Gasteiger partial charge in [0.2, 0.25) is 11.8 Å². The molecule has 2 aliphatic rings. The number of hydrogen-bond acceptors (Lipinski definition) is 6. The Balaban J connectivity index is 1.64. The summed E-state index contributed by atoms with van der Waals surface area (Å²) in [6.07, 6.45) is 4.25. The summed E-state index contributed by atoms with van der Waals surface area (Å²) in [7, 11) is 1.62. The molecule has 0 aromatic heterocycles. The van der Waals surface area contributed by atoms with E-state index in [-0.39, 0.29) is 37.3 Å². The lowest BCUT2D eigenvalue weighted by atomic mass is 9.87. The van der Waals surface area contributed by atoms with E-state index >= 15 is 0 Å². The molecule has 8 nitrogen and oxygen atoms in total. The van der Waals surface area contributed by atoms with E-state index in [9.17, 15) is 19.8 Å². The molecule has 2 amide bonds. The molecule has 1 fully saturated rings. The maximum absolute atomic E-state index is 13.9. The molecule has 39 heavy (non-hydrogen) atoms. The average molecular weight is 649 g/mol. The van der Waals surface area contributed by atoms with Crippen LogP contribution < -0.4 is 14.8 Å². The van der Waals surface area contributed by atoms with E-state index in [0.29, 0.717) is 24.3 Å². The standard InChI is InChI=1S/C30H37IN2O6/c1-38-23-10-6-7-20(17-23)13-15-33(30(37)21-8-2-3-9-21)25-18-22(29(36)32-14-16-34)19-27(28(25)35)39-26-12-5-4-11-24(26)31/h4-7,10-12,17,19,21,25,27-28,34-35H,2-3,8-9,13-16,18H2,1H3,(H,32,36)/t25-,27+,28+/m1/s1. The SMILES string of the molecule is COc1cccc(CCN(C(=O)C2CCCC2)[C@@H]2CC(C(=O)NCCO)=C[C@H](Oc3ccccc3I)[C@H]2O)c1. The molecule has 4 rings (SSSR count). The number of carbonyl (C=O) groups is 2. The van der Waals surface area contributed by atoms with Crippen LogP contribution in [0.4, 0.5) is 0 Å². The molecular weight excluding hydrogens is 611 g/mol. The molecule has 9 heteroatoms. The zero-order chi connectivity index (χ0) is 27.8. The minimum atomic E-state index is -1.04. The van der Waals surface area contributed by atoms with E-state index in [2.05, 4.69) is 27.9 Å². The van der Waals surface area contributed by atoms with Gasteiger partial charge in [-0.1, -0.05) is 37.1 Å². The third-order valence-electron chi connectivity index (χ3n) is 7.48. The number of amides is 2. The van der Waals surface area contributed by atoms with Gasteiger partial charge in [0.1, 0.15) is 23.7 Å². The van der Waals surface area contributed by atoms with E-state index in [1.807, 2.05) is 48.5 Å². The molecule has 3 N–H and O–H groups in total. The molecule has 0 aliphatic heterocycles. The van der Waals surface area contributed by atoms with E-state index < -0.39 is 18.2 Å². The van der Waals surface area contributed by atoms with Gasteiger partial charge in [-0.25, -0.2) is 0 Å². The molecule has 3 atom stereocenters. The summed E-state index contributed by atoms with van der Waals surface area (Å²) in [5.41, 5.74) is 1.45. The Bertz CT molecular complexity index is 1170. The first-order valence-electron chi connectivity index (χ1n) is 13.5. The predicted molar refractivity (Wildman–Crippen MR) is 157 cm³/mol. The maximum atomic E-state index is 13.9. The van der Waals surface area contributed by atoms with Crippen molar-refractivity contribution in [3.05, 3.63) is 69.3 Å². The molecular formula is C30H37IN2O6. The first-order valence-corrected chi connectivity index (χ1v) is 14.6. The summed E-state index contributed by atoms with van der Waals surface area (Å²) in [6.45, 7) is 0.331. The second-order valence-electron chi connectivity index (χ2n) is 10.1. The van der Waals surface area contributed by atoms with Crippen molar-refractivity contribution < 1.29 is 29.3 Å². The number of rotatable bonds is 11. The quantitative estimate of drug-likeness (QED) is 0.323. The van der Waals surface area contributed by atoms with Gasteiger partial charge < -0.3 is 29.9 Å². The summed E-state index contributed by atoms with van der Waals surface area (Å²) in [5, 5.41) is 23.6. The first kappa shape index (κ1) is 29.4. The van der Waals surface area contributed by atoms with Crippen molar-refractivity contribution >= 4 is 34.4 Å². The highest BCUT2D eigenvalue weighted by Gasteiger charge is 2.42. The van der Waals surface area contributed by atoms with Gasteiger partial charge in [0, 0.05) is 31.0 Å². The van der Waals surface area contributed by atoms with Crippen molar-refractivity contribution in [3.63, 3.8) is 0 Å². The third kappa shape index (κ3) is 7.52. The average Bonchev–Trinajstić information content (AvgIpc) is 3.50. The molecule has 2 aromatic carbocycles. The normalized spacial score (nSPS) is 21.2. The fourth-order valence-corrected chi connectivity index (χ4v) is 5.91. The van der Waals surface area contributed by atoms with Crippen LogP contribution in [-0.2, 0) is 16.0 Å². The van der Waals surface area contributed by atoms with E-state index in [4.69, 9.17) is 9.47 Å². The number of carbonyl (C=O) groups excluding carboxylic acids is 2. The van der Waals surface area contributed by atoms with Gasteiger partial charge in [0.05, 0.1) is 23.3 Å². The highest BCUT2D eigenvalue weighted by atomic mass is 127. The number of aliphatic hydroxyl groups is 2. The van der Waals surface area contributed by atoms with Gasteiger partial charge in [-0.2, -0.15) is 0 Å². The van der Waals surface area contributed by atoms with Crippen LogP contribution in [0.5, 0.6) is 11.5 Å². The van der Waals surface area contributed by atoms with Crippen molar-refractivity contribution in [1.82, 2.24) is 10.2 Å². The van der Waals surface area contributed by atoms with Gasteiger partial charge in [0.15, 0.2) is 0 Å². The number of hydrogen-bond donors (Lipinski definition) is 3. The van der Waals surface area contributed by atoms with Crippen molar-refractivity contribution in [2.45, 2.75) is 56.8 Å². The summed E-state index contributed by atoms with van der Waals surface area (Å²) in [6, 6.07) is 14.6. The highest BCUT2D eigenvalue weighted by molar-refractivity contribution is 14.1. The Morgan fingerprint density at radius 3 is 2.62 bits per heavy atom. The summed E-state index contributed by atoms with van der Waals surface area (Å²) < 4.78 is 12.5. The largest absolute Gasteiger partial charge is 0.497 e. The van der Waals surface area contributed by atoms with Gasteiger partial charge in [-0.05, 0) is 77.8 Å². The number of benzene rings is 2. The lowest BCUT2D eigenvalue weighted by Crippen LogP contribution is -2.56. The predicted octanol–water partition coefficient (Wildman–Crippen LogP) is 3.48. The number of para-hydroxylation sites is 1. The fraction of sp³-hybridized carbons (Fsp3) is 0.467. The lowest BCUT2D eigenvalue weighted by molar-refractivity contribution is -0.142. The number of aliphatic hydroxyl groups excluding tert-OH is 2. The zero-order valence-corrected chi connectivity index (χ0v) is 24.4. The van der Waals surface area contributed by atoms with Crippen molar-refractivity contribution in [2.75, 3.05) is 26.8 Å². The van der Waals surface area contributed by atoms with E-state index in [0.717, 1.165) is 40.6 Å². The Morgan fingerprint density at radius 2 is 1.90 bits per heavy atom. The van der Waals surface area contributed by atoms with Crippen LogP contribution >= 0.6 is 22.6 Å². The molecule has 0 radical (unpaired) electrons. The summed E-state index contributed by atoms with van der Waals surface area (Å²) in [4.78, 5) is 28.7. The molecule has 2 aliphatic carbocycles. The number of nitrogens with zero attached hydrogens (tertiary/aromatic N) is 1. The van der Waals surface area contributed by atoms with Crippen molar-refractivity contribution in [1.29, 1.82) is 0 Å². The van der Waals surface area contributed by atoms with Crippen molar-refractivity contribution in [3.8, 4) is 11.5 Å². The van der Waals surface area contributed by atoms with Crippen LogP contribution in [0.25, 0.3) is 0 Å². The smallest absolute Gasteiger partial charge is 0.247 e. The summed E-state index contributed by atoms with van der Waals surface area (Å²) >= 11 is 2.17. The second-order valence-corrected chi connectivity index (χ2v) is 11.2. The molecule has 0 unspecified atom stereocenters. The van der Waals surface area contributed by atoms with Gasteiger partial charge in [-0.15, -0.1) is 0 Å². The lowest BCUT2D eigenvalue weighted by Gasteiger charge is -2.41. The van der Waals surface area contributed by atoms with Crippen LogP contribution in [0.15, 0.2) is 60.2 Å². The van der Waals surface area contributed by atoms with Crippen LogP contribution in [-0.4, -0.2) is 72.0 Å². The number of nitrogens with one attached hydrogen (secondary N) is 1. The molecule has 0 saturated heterocycles. The minimum absolute atomic E-state index is 0.0181. The van der Waals surface area contributed by atoms with Crippen LogP contribution in [0.3, 0.4) is 0 Å². The van der Waals surface area contributed by atoms with E-state index in [1.54, 1.807) is 18.1 Å². The molecule has 0 heterocycles. The zero-order valence-electron chi connectivity index (χ0n) is 22.2. The topological polar surface area (TPSA) is 108 Å². The Morgan fingerprint density at radius 1 is 1.13 bits per heavy atom. The third-order valence-corrected chi connectivity index (χ3v) is 8.37. The molecule has 0 spiro atoms. The molecule has 210 valence electrons. The Hall–Kier alpha value is -2.63. The van der Waals surface area contributed by atoms with Crippen molar-refractivity contribution in [2.24, 2.45) is 5.92 Å². The molecule has 0 bridgehead atoms. The Labute approximate surface area is 243 Å². The maximum Gasteiger partial charge on any atom is 0.247 e. The Kier molecular flexibility index (Phi) is 10.6. The summed E-state index contributed by atoms with van der Waals surface area (Å²) in [5.74, 6) is 0.937. The van der Waals surface area contributed by atoms with Crippen LogP contribution in [0.1, 0.15) is 37.7 Å². The first-order chi connectivity index (χ1) is 18.9. The van der Waals surface area contributed by atoms with Gasteiger partial charge >= 0.3 is 0 Å². The molecule has 1 saturated carbocycles. The van der Waals surface area contributed by atoms with Crippen LogP contribution in [0, 0.1) is 9.49 Å². The van der Waals surface area contributed by atoms with Crippen LogP contribution in [0.2, 0.25) is 0 Å². The van der Waals surface area contributed by atoms with Gasteiger partial charge in [-0.3, -0.25) is 9.59 Å². The number of ether oxygens (including phenoxy) is 2. The monoisotopic (exact) mass is 648 g/mol. The van der Waals surface area contributed by atoms with E-state index in [1.165, 1.54) is 0 Å². The minimum Gasteiger partial charge on any atom is -0.497 e. The molecule has 2 aromatic rings.